The first-order valence-electron chi connectivity index (χ1n) is 9.21. The zero-order chi connectivity index (χ0) is 19.1. The zero-order valence-electron chi connectivity index (χ0n) is 15.5. The van der Waals surface area contributed by atoms with E-state index in [0.29, 0.717) is 11.4 Å². The third kappa shape index (κ3) is 5.74. The standard InChI is InChI=1S/C21H25N3O3/c1-16-4-10-19(11-5-16)27-15-21(26)22-14-20(25)23-17-6-8-18(9-7-17)24-12-2-3-13-24/h4-11H,2-3,12-15H2,1H3,(H,22,26)(H,23,25). The van der Waals surface area contributed by atoms with Crippen LogP contribution < -0.4 is 20.3 Å². The predicted molar refractivity (Wildman–Crippen MR) is 106 cm³/mol. The lowest BCUT2D eigenvalue weighted by Crippen LogP contribution is -2.35. The largest absolute Gasteiger partial charge is 0.484 e. The summed E-state index contributed by atoms with van der Waals surface area (Å²) in [5.74, 6) is 0.0148. The van der Waals surface area contributed by atoms with Gasteiger partial charge >= 0.3 is 0 Å². The third-order valence-electron chi connectivity index (χ3n) is 4.46. The molecule has 0 aromatic heterocycles. The lowest BCUT2D eigenvalue weighted by molar-refractivity contribution is -0.125. The van der Waals surface area contributed by atoms with Crippen molar-refractivity contribution >= 4 is 23.2 Å². The number of rotatable bonds is 7. The number of ether oxygens (including phenoxy) is 1. The fraction of sp³-hybridized carbons (Fsp3) is 0.333. The van der Waals surface area contributed by atoms with Gasteiger partial charge in [-0.15, -0.1) is 0 Å². The molecular formula is C21H25N3O3. The Balaban J connectivity index is 1.38. The first kappa shape index (κ1) is 18.8. The zero-order valence-corrected chi connectivity index (χ0v) is 15.5. The van der Waals surface area contributed by atoms with E-state index < -0.39 is 0 Å². The van der Waals surface area contributed by atoms with E-state index in [-0.39, 0.29) is 25.0 Å². The topological polar surface area (TPSA) is 70.7 Å². The molecule has 0 unspecified atom stereocenters. The summed E-state index contributed by atoms with van der Waals surface area (Å²) in [4.78, 5) is 26.1. The molecule has 0 saturated carbocycles. The molecule has 1 fully saturated rings. The molecule has 6 nitrogen and oxygen atoms in total. The molecule has 2 amide bonds. The molecule has 0 bridgehead atoms. The van der Waals surface area contributed by atoms with Gasteiger partial charge in [0.25, 0.3) is 5.91 Å². The van der Waals surface area contributed by atoms with Crippen molar-refractivity contribution in [2.75, 3.05) is 36.5 Å². The van der Waals surface area contributed by atoms with Gasteiger partial charge in [-0.2, -0.15) is 0 Å². The summed E-state index contributed by atoms with van der Waals surface area (Å²) in [5, 5.41) is 5.34. The summed E-state index contributed by atoms with van der Waals surface area (Å²) in [6, 6.07) is 15.2. The molecule has 0 atom stereocenters. The molecule has 1 aliphatic rings. The average molecular weight is 367 g/mol. The van der Waals surface area contributed by atoms with Crippen molar-refractivity contribution in [2.24, 2.45) is 0 Å². The smallest absolute Gasteiger partial charge is 0.258 e. The molecule has 1 heterocycles. The average Bonchev–Trinajstić information content (AvgIpc) is 3.21. The number of aryl methyl sites for hydroxylation is 1. The molecule has 3 rings (SSSR count). The van der Waals surface area contributed by atoms with Crippen LogP contribution in [0.4, 0.5) is 11.4 Å². The Morgan fingerprint density at radius 2 is 1.63 bits per heavy atom. The Kier molecular flexibility index (Phi) is 6.30. The summed E-state index contributed by atoms with van der Waals surface area (Å²) in [7, 11) is 0. The Morgan fingerprint density at radius 3 is 2.30 bits per heavy atom. The van der Waals surface area contributed by atoms with E-state index in [1.807, 2.05) is 43.3 Å². The number of carbonyl (C=O) groups is 2. The summed E-state index contributed by atoms with van der Waals surface area (Å²) < 4.78 is 5.39. The van der Waals surface area contributed by atoms with Gasteiger partial charge in [0.05, 0.1) is 6.54 Å². The summed E-state index contributed by atoms with van der Waals surface area (Å²) >= 11 is 0. The van der Waals surface area contributed by atoms with Gasteiger partial charge in [0.1, 0.15) is 5.75 Å². The molecular weight excluding hydrogens is 342 g/mol. The maximum atomic E-state index is 12.0. The number of benzene rings is 2. The highest BCUT2D eigenvalue weighted by Gasteiger charge is 2.12. The van der Waals surface area contributed by atoms with Crippen LogP contribution in [0.3, 0.4) is 0 Å². The molecule has 2 aromatic rings. The van der Waals surface area contributed by atoms with E-state index in [4.69, 9.17) is 4.74 Å². The van der Waals surface area contributed by atoms with E-state index in [1.54, 1.807) is 12.1 Å². The van der Waals surface area contributed by atoms with Crippen molar-refractivity contribution < 1.29 is 14.3 Å². The van der Waals surface area contributed by atoms with Crippen molar-refractivity contribution in [2.45, 2.75) is 19.8 Å². The van der Waals surface area contributed by atoms with E-state index in [1.165, 1.54) is 18.5 Å². The number of nitrogens with one attached hydrogen (secondary N) is 2. The minimum absolute atomic E-state index is 0.0933. The highest BCUT2D eigenvalue weighted by Crippen LogP contribution is 2.21. The maximum Gasteiger partial charge on any atom is 0.258 e. The molecule has 27 heavy (non-hydrogen) atoms. The van der Waals surface area contributed by atoms with Crippen LogP contribution in [0.2, 0.25) is 0 Å². The van der Waals surface area contributed by atoms with Gasteiger partial charge < -0.3 is 20.3 Å². The van der Waals surface area contributed by atoms with Crippen LogP contribution in [-0.4, -0.2) is 38.1 Å². The van der Waals surface area contributed by atoms with Crippen LogP contribution in [0.5, 0.6) is 5.75 Å². The predicted octanol–water partition coefficient (Wildman–Crippen LogP) is 2.73. The van der Waals surface area contributed by atoms with Crippen molar-refractivity contribution in [3.8, 4) is 5.75 Å². The van der Waals surface area contributed by atoms with E-state index in [9.17, 15) is 9.59 Å². The maximum absolute atomic E-state index is 12.0. The Morgan fingerprint density at radius 1 is 0.963 bits per heavy atom. The molecule has 0 radical (unpaired) electrons. The molecule has 142 valence electrons. The Hall–Kier alpha value is -3.02. The minimum Gasteiger partial charge on any atom is -0.484 e. The van der Waals surface area contributed by atoms with E-state index in [2.05, 4.69) is 15.5 Å². The van der Waals surface area contributed by atoms with E-state index in [0.717, 1.165) is 18.7 Å². The SMILES string of the molecule is Cc1ccc(OCC(=O)NCC(=O)Nc2ccc(N3CCCC3)cc2)cc1. The van der Waals surface area contributed by atoms with Crippen LogP contribution in [-0.2, 0) is 9.59 Å². The molecule has 2 N–H and O–H groups in total. The van der Waals surface area contributed by atoms with Crippen LogP contribution in [0.15, 0.2) is 48.5 Å². The molecule has 6 heteroatoms. The summed E-state index contributed by atoms with van der Waals surface area (Å²) in [6.07, 6.45) is 2.46. The normalized spacial score (nSPS) is 13.3. The highest BCUT2D eigenvalue weighted by molar-refractivity contribution is 5.94. The molecule has 1 saturated heterocycles. The fourth-order valence-corrected chi connectivity index (χ4v) is 2.95. The number of nitrogens with zero attached hydrogens (tertiary/aromatic N) is 1. The lowest BCUT2D eigenvalue weighted by atomic mass is 10.2. The quantitative estimate of drug-likeness (QED) is 0.789. The third-order valence-corrected chi connectivity index (χ3v) is 4.46. The van der Waals surface area contributed by atoms with Gasteiger partial charge in [-0.1, -0.05) is 17.7 Å². The van der Waals surface area contributed by atoms with E-state index >= 15 is 0 Å². The van der Waals surface area contributed by atoms with Crippen molar-refractivity contribution in [1.82, 2.24) is 5.32 Å². The highest BCUT2D eigenvalue weighted by atomic mass is 16.5. The summed E-state index contributed by atoms with van der Waals surface area (Å²) in [5.41, 5.74) is 3.01. The van der Waals surface area contributed by atoms with Crippen molar-refractivity contribution in [1.29, 1.82) is 0 Å². The second-order valence-corrected chi connectivity index (χ2v) is 6.67. The van der Waals surface area contributed by atoms with Crippen molar-refractivity contribution in [3.05, 3.63) is 54.1 Å². The van der Waals surface area contributed by atoms with Gasteiger partial charge in [-0.25, -0.2) is 0 Å². The second-order valence-electron chi connectivity index (χ2n) is 6.67. The first-order valence-corrected chi connectivity index (χ1v) is 9.21. The number of hydrogen-bond donors (Lipinski definition) is 2. The first-order chi connectivity index (χ1) is 13.1. The molecule has 0 aliphatic carbocycles. The second kappa shape index (κ2) is 9.07. The minimum atomic E-state index is -0.338. The fourth-order valence-electron chi connectivity index (χ4n) is 2.95. The summed E-state index contributed by atoms with van der Waals surface area (Å²) in [6.45, 7) is 3.94. The van der Waals surface area contributed by atoms with Crippen LogP contribution in [0.1, 0.15) is 18.4 Å². The number of anilines is 2. The molecule has 2 aromatic carbocycles. The van der Waals surface area contributed by atoms with Crippen LogP contribution >= 0.6 is 0 Å². The van der Waals surface area contributed by atoms with Crippen LogP contribution in [0, 0.1) is 6.92 Å². The van der Waals surface area contributed by atoms with Gasteiger partial charge in [-0.05, 0) is 56.2 Å². The van der Waals surface area contributed by atoms with Gasteiger partial charge in [0.2, 0.25) is 5.91 Å². The van der Waals surface area contributed by atoms with Gasteiger partial charge in [-0.3, -0.25) is 9.59 Å². The van der Waals surface area contributed by atoms with Gasteiger partial charge in [0, 0.05) is 24.5 Å². The Labute approximate surface area is 159 Å². The van der Waals surface area contributed by atoms with Crippen molar-refractivity contribution in [3.63, 3.8) is 0 Å². The lowest BCUT2D eigenvalue weighted by Gasteiger charge is -2.17. The van der Waals surface area contributed by atoms with Gasteiger partial charge in [0.15, 0.2) is 6.61 Å². The monoisotopic (exact) mass is 367 g/mol. The number of hydrogen-bond acceptors (Lipinski definition) is 4. The molecule has 1 aliphatic heterocycles. The number of carbonyl (C=O) groups excluding carboxylic acids is 2. The molecule has 0 spiro atoms. The number of amides is 2. The Bertz CT molecular complexity index is 766. The van der Waals surface area contributed by atoms with Crippen LogP contribution in [0.25, 0.3) is 0 Å².